The monoisotopic (exact) mass is 816 g/mol. The smallest absolute Gasteiger partial charge is 0.330 e. The largest absolute Gasteiger partial charge is 0.497 e. The second-order valence-electron chi connectivity index (χ2n) is 14.0. The van der Waals surface area contributed by atoms with Crippen LogP contribution in [0.25, 0.3) is 0 Å². The number of nitriles is 1. The minimum Gasteiger partial charge on any atom is -0.497 e. The molecule has 58 heavy (non-hydrogen) atoms. The van der Waals surface area contributed by atoms with Crippen LogP contribution in [0.5, 0.6) is 11.5 Å². The summed E-state index contributed by atoms with van der Waals surface area (Å²) in [5.41, 5.74) is -0.227. The summed E-state index contributed by atoms with van der Waals surface area (Å²) in [6.45, 7) is 10.1. The number of ether oxygens (including phenoxy) is 4. The lowest BCUT2D eigenvalue weighted by molar-refractivity contribution is -0.0928. The van der Waals surface area contributed by atoms with Gasteiger partial charge in [-0.2, -0.15) is 5.26 Å². The quantitative estimate of drug-likeness (QED) is 0.0591. The molecule has 0 bridgehead atoms. The van der Waals surface area contributed by atoms with Crippen molar-refractivity contribution in [1.82, 2.24) is 24.9 Å². The van der Waals surface area contributed by atoms with Gasteiger partial charge in [0.15, 0.2) is 6.23 Å². The highest BCUT2D eigenvalue weighted by molar-refractivity contribution is 7.44. The van der Waals surface area contributed by atoms with Gasteiger partial charge in [0.25, 0.3) is 14.1 Å². The van der Waals surface area contributed by atoms with Gasteiger partial charge in [0, 0.05) is 30.9 Å². The van der Waals surface area contributed by atoms with Crippen LogP contribution in [0.15, 0.2) is 101 Å². The zero-order valence-electron chi connectivity index (χ0n) is 33.9. The molecule has 1 aliphatic heterocycles. The molecule has 4 aromatic rings. The van der Waals surface area contributed by atoms with Gasteiger partial charge in [-0.1, -0.05) is 54.6 Å². The summed E-state index contributed by atoms with van der Waals surface area (Å²) in [7, 11) is 1.31. The van der Waals surface area contributed by atoms with Crippen LogP contribution in [0.4, 0.5) is 4.79 Å². The summed E-state index contributed by atoms with van der Waals surface area (Å²) in [5.74, 6) is 1.32. The first-order chi connectivity index (χ1) is 28.0. The Bertz CT molecular complexity index is 2020. The number of methoxy groups -OCH3 is 2. The molecule has 2 heterocycles. The number of nitrogens with zero attached hydrogens (tertiary/aromatic N) is 3. The maximum absolute atomic E-state index is 13.4. The third-order valence-electron chi connectivity index (χ3n) is 9.61. The molecule has 1 aliphatic rings. The second kappa shape index (κ2) is 20.6. The number of nitrogens with one attached hydrogen (secondary N) is 3. The van der Waals surface area contributed by atoms with Gasteiger partial charge in [0.1, 0.15) is 35.3 Å². The number of aromatic nitrogens is 2. The van der Waals surface area contributed by atoms with Crippen molar-refractivity contribution in [3.8, 4) is 17.6 Å². The summed E-state index contributed by atoms with van der Waals surface area (Å²) in [6.07, 6.45) is -1.68. The number of rotatable bonds is 19. The van der Waals surface area contributed by atoms with Crippen LogP contribution in [-0.2, 0) is 24.1 Å². The molecule has 0 saturated carbocycles. The molecule has 3 aromatic carbocycles. The van der Waals surface area contributed by atoms with E-state index in [0.29, 0.717) is 18.0 Å². The van der Waals surface area contributed by atoms with Crippen LogP contribution in [0.1, 0.15) is 64.0 Å². The van der Waals surface area contributed by atoms with E-state index in [0.717, 1.165) is 16.7 Å². The molecule has 5 rings (SSSR count). The van der Waals surface area contributed by atoms with Crippen LogP contribution < -0.4 is 31.4 Å². The van der Waals surface area contributed by atoms with Crippen molar-refractivity contribution in [2.24, 2.45) is 0 Å². The number of hydrogen-bond donors (Lipinski definition) is 3. The number of hydrogen-bond acceptors (Lipinski definition) is 11. The summed E-state index contributed by atoms with van der Waals surface area (Å²) >= 11 is 0. The van der Waals surface area contributed by atoms with Crippen LogP contribution in [0, 0.1) is 11.3 Å². The van der Waals surface area contributed by atoms with Crippen molar-refractivity contribution in [3.05, 3.63) is 129 Å². The highest BCUT2D eigenvalue weighted by Crippen LogP contribution is 2.51. The molecule has 0 aliphatic carbocycles. The minimum atomic E-state index is -1.89. The van der Waals surface area contributed by atoms with Gasteiger partial charge < -0.3 is 38.6 Å². The van der Waals surface area contributed by atoms with Gasteiger partial charge in [0.2, 0.25) is 0 Å². The molecule has 0 spiro atoms. The fourth-order valence-electron chi connectivity index (χ4n) is 7.06. The van der Waals surface area contributed by atoms with E-state index >= 15 is 0 Å². The van der Waals surface area contributed by atoms with Crippen molar-refractivity contribution >= 4 is 14.6 Å². The number of H-pyrrole nitrogens is 1. The van der Waals surface area contributed by atoms with Gasteiger partial charge >= 0.3 is 11.7 Å². The fourth-order valence-corrected chi connectivity index (χ4v) is 8.84. The Kier molecular flexibility index (Phi) is 15.6. The molecule has 15 nitrogen and oxygen atoms in total. The Morgan fingerprint density at radius 3 is 2.03 bits per heavy atom. The lowest BCUT2D eigenvalue weighted by Crippen LogP contribution is -2.52. The molecule has 1 saturated heterocycles. The van der Waals surface area contributed by atoms with Gasteiger partial charge in [-0.3, -0.25) is 14.3 Å². The van der Waals surface area contributed by atoms with Crippen LogP contribution in [0.3, 0.4) is 0 Å². The van der Waals surface area contributed by atoms with Gasteiger partial charge in [0.05, 0.1) is 39.9 Å². The first-order valence-corrected chi connectivity index (χ1v) is 20.3. The molecule has 1 fully saturated rings. The van der Waals surface area contributed by atoms with Crippen LogP contribution in [0.2, 0.25) is 0 Å². The summed E-state index contributed by atoms with van der Waals surface area (Å²) in [6, 6.07) is 26.6. The van der Waals surface area contributed by atoms with E-state index in [9.17, 15) is 19.6 Å². The summed E-state index contributed by atoms with van der Waals surface area (Å²) in [4.78, 5) is 41.3. The Balaban J connectivity index is 1.69. The van der Waals surface area contributed by atoms with Crippen molar-refractivity contribution < 1.29 is 32.8 Å². The first-order valence-electron chi connectivity index (χ1n) is 19.2. The zero-order valence-corrected chi connectivity index (χ0v) is 34.8. The number of amides is 2. The number of carbonyl (C=O) groups is 1. The van der Waals surface area contributed by atoms with Crippen molar-refractivity contribution in [1.29, 1.82) is 5.26 Å². The minimum absolute atomic E-state index is 0.0477. The topological polar surface area (TPSA) is 178 Å². The maximum Gasteiger partial charge on any atom is 0.330 e. The molecule has 1 aromatic heterocycles. The summed E-state index contributed by atoms with van der Waals surface area (Å²) in [5, 5.41) is 15.2. The molecule has 5 atom stereocenters. The molecule has 0 radical (unpaired) electrons. The molecule has 3 N–H and O–H groups in total. The van der Waals surface area contributed by atoms with E-state index in [1.54, 1.807) is 21.1 Å². The zero-order chi connectivity index (χ0) is 41.8. The molecular formula is C42H53N6O9P. The van der Waals surface area contributed by atoms with E-state index in [-0.39, 0.29) is 31.7 Å². The number of aromatic amines is 1. The molecule has 310 valence electrons. The fraction of sp³-hybridized carbons (Fsp3) is 0.429. The van der Waals surface area contributed by atoms with E-state index in [1.807, 2.05) is 107 Å². The van der Waals surface area contributed by atoms with Crippen molar-refractivity contribution in [2.45, 2.75) is 83.2 Å². The molecule has 1 unspecified atom stereocenters. The predicted octanol–water partition coefficient (Wildman–Crippen LogP) is 5.81. The van der Waals surface area contributed by atoms with Crippen molar-refractivity contribution in [2.75, 3.05) is 34.0 Å². The van der Waals surface area contributed by atoms with E-state index in [2.05, 4.69) is 26.4 Å². The number of benzene rings is 3. The highest BCUT2D eigenvalue weighted by Gasteiger charge is 2.51. The first kappa shape index (κ1) is 44.0. The maximum atomic E-state index is 13.4. The average molecular weight is 817 g/mol. The van der Waals surface area contributed by atoms with Gasteiger partial charge in [-0.05, 0) is 75.6 Å². The van der Waals surface area contributed by atoms with Gasteiger partial charge in [-0.15, -0.1) is 0 Å². The lowest BCUT2D eigenvalue weighted by Gasteiger charge is -2.39. The Morgan fingerprint density at radius 2 is 1.52 bits per heavy atom. The molecule has 16 heteroatoms. The van der Waals surface area contributed by atoms with E-state index in [1.165, 1.54) is 16.8 Å². The average Bonchev–Trinajstić information content (AvgIpc) is 3.54. The Hall–Kier alpha value is -5.07. The third kappa shape index (κ3) is 10.1. The lowest BCUT2D eigenvalue weighted by atomic mass is 9.80. The van der Waals surface area contributed by atoms with Crippen LogP contribution >= 0.6 is 8.53 Å². The van der Waals surface area contributed by atoms with E-state index < -0.39 is 55.9 Å². The highest BCUT2D eigenvalue weighted by atomic mass is 31.2. The molecular weight excluding hydrogens is 763 g/mol. The standard InChI is InChI=1S/C42H53N6O9P/c1-8-44-40(50)46-37-38(57-58(55-26-12-24-43)48(28(2)3)29(4)5)35(56-39(37)47-25-23-36(49)45-41(47)51)27-54-42(30-13-10-9-11-14-30,31-15-19-33(52-6)20-16-31)32-17-21-34(53-7)22-18-32/h9-11,13-23,25,28-29,35,37-39H,8,12,26-27H2,1-7H3,(H2,44,46,50)(H,45,49,51)/t35-,37-,38-,39-,58?/m1/s1. The van der Waals surface area contributed by atoms with E-state index in [4.69, 9.17) is 28.0 Å². The Morgan fingerprint density at radius 1 is 0.931 bits per heavy atom. The van der Waals surface area contributed by atoms with Crippen molar-refractivity contribution in [3.63, 3.8) is 0 Å². The van der Waals surface area contributed by atoms with Gasteiger partial charge in [-0.25, -0.2) is 14.3 Å². The third-order valence-corrected chi connectivity index (χ3v) is 11.7. The number of urea groups is 1. The second-order valence-corrected chi connectivity index (χ2v) is 15.5. The molecule has 2 amide bonds. The summed E-state index contributed by atoms with van der Waals surface area (Å²) < 4.78 is 41.7. The SMILES string of the molecule is CCNC(=O)N[C@@H]1[C@H](OP(OCCC#N)N(C(C)C)C(C)C)[C@@H](COC(c2ccccc2)(c2ccc(OC)cc2)c2ccc(OC)cc2)O[C@H]1n1ccc(=O)[nH]c1=O. The predicted molar refractivity (Wildman–Crippen MR) is 220 cm³/mol. The Labute approximate surface area is 340 Å². The normalized spacial score (nSPS) is 18.6. The number of carbonyl (C=O) groups excluding carboxylic acids is 1. The van der Waals surface area contributed by atoms with Crippen LogP contribution in [-0.4, -0.2) is 84.6 Å².